The van der Waals surface area contributed by atoms with Gasteiger partial charge in [-0.25, -0.2) is 4.68 Å². The Hall–Kier alpha value is -3.32. The molecule has 2 aromatic carbocycles. The predicted molar refractivity (Wildman–Crippen MR) is 95.1 cm³/mol. The monoisotopic (exact) mass is 369 g/mol. The second kappa shape index (κ2) is 6.89. The van der Waals surface area contributed by atoms with Crippen LogP contribution in [0.2, 0.25) is 5.02 Å². The summed E-state index contributed by atoms with van der Waals surface area (Å²) in [5, 5.41) is 15.6. The van der Waals surface area contributed by atoms with Gasteiger partial charge in [0.25, 0.3) is 5.69 Å². The molecule has 8 heteroatoms. The van der Waals surface area contributed by atoms with Gasteiger partial charge in [-0.2, -0.15) is 5.10 Å². The number of hydrogen-bond donors (Lipinski definition) is 0. The van der Waals surface area contributed by atoms with Gasteiger partial charge in [-0.05, 0) is 30.3 Å². The Kier molecular flexibility index (Phi) is 4.64. The van der Waals surface area contributed by atoms with E-state index in [2.05, 4.69) is 5.10 Å². The van der Waals surface area contributed by atoms with Crippen molar-refractivity contribution >= 4 is 28.9 Å². The number of nitro groups is 1. The SMILES string of the molecule is CC(=O)c1nn(-c2cccc([N+](=O)[O-])c2)cc1C(=O)c1ccc(Cl)cc1. The quantitative estimate of drug-likeness (QED) is 0.386. The van der Waals surface area contributed by atoms with Gasteiger partial charge in [0.15, 0.2) is 11.6 Å². The van der Waals surface area contributed by atoms with Crippen LogP contribution in [0.1, 0.15) is 33.3 Å². The lowest BCUT2D eigenvalue weighted by atomic mass is 10.0. The normalized spacial score (nSPS) is 10.5. The van der Waals surface area contributed by atoms with E-state index in [4.69, 9.17) is 11.6 Å². The zero-order valence-corrected chi connectivity index (χ0v) is 14.3. The van der Waals surface area contributed by atoms with E-state index in [1.165, 1.54) is 36.0 Å². The number of nitro benzene ring substituents is 1. The zero-order chi connectivity index (χ0) is 18.8. The highest BCUT2D eigenvalue weighted by Gasteiger charge is 2.22. The van der Waals surface area contributed by atoms with Gasteiger partial charge in [-0.15, -0.1) is 0 Å². The fourth-order valence-electron chi connectivity index (χ4n) is 2.44. The van der Waals surface area contributed by atoms with Crippen molar-refractivity contribution in [3.63, 3.8) is 0 Å². The number of benzene rings is 2. The average Bonchev–Trinajstić information content (AvgIpc) is 3.07. The predicted octanol–water partition coefficient (Wildman–Crippen LogP) is 3.87. The summed E-state index contributed by atoms with van der Waals surface area (Å²) in [6, 6.07) is 12.0. The number of carbonyl (C=O) groups is 2. The summed E-state index contributed by atoms with van der Waals surface area (Å²) >= 11 is 5.83. The molecule has 0 unspecified atom stereocenters. The Morgan fingerprint density at radius 3 is 2.46 bits per heavy atom. The molecule has 0 saturated carbocycles. The molecule has 3 rings (SSSR count). The van der Waals surface area contributed by atoms with E-state index in [0.717, 1.165) is 0 Å². The first-order valence-corrected chi connectivity index (χ1v) is 7.90. The molecule has 130 valence electrons. The van der Waals surface area contributed by atoms with Crippen molar-refractivity contribution < 1.29 is 14.5 Å². The summed E-state index contributed by atoms with van der Waals surface area (Å²) < 4.78 is 1.28. The molecular weight excluding hydrogens is 358 g/mol. The number of ketones is 2. The fraction of sp³-hybridized carbons (Fsp3) is 0.0556. The molecule has 0 fully saturated rings. The third-order valence-electron chi connectivity index (χ3n) is 3.70. The van der Waals surface area contributed by atoms with Gasteiger partial charge in [-0.3, -0.25) is 19.7 Å². The van der Waals surface area contributed by atoms with Gasteiger partial charge >= 0.3 is 0 Å². The van der Waals surface area contributed by atoms with Crippen molar-refractivity contribution in [2.24, 2.45) is 0 Å². The minimum Gasteiger partial charge on any atom is -0.293 e. The van der Waals surface area contributed by atoms with E-state index < -0.39 is 4.92 Å². The lowest BCUT2D eigenvalue weighted by Gasteiger charge is -2.00. The van der Waals surface area contributed by atoms with Crippen molar-refractivity contribution in [2.75, 3.05) is 0 Å². The van der Waals surface area contributed by atoms with Crippen molar-refractivity contribution in [2.45, 2.75) is 6.92 Å². The van der Waals surface area contributed by atoms with Crippen LogP contribution < -0.4 is 0 Å². The molecule has 1 aromatic heterocycles. The van der Waals surface area contributed by atoms with Crippen LogP contribution in [0.3, 0.4) is 0 Å². The van der Waals surface area contributed by atoms with Gasteiger partial charge in [0.1, 0.15) is 5.69 Å². The molecule has 0 amide bonds. The lowest BCUT2D eigenvalue weighted by Crippen LogP contribution is -2.06. The van der Waals surface area contributed by atoms with E-state index >= 15 is 0 Å². The first-order chi connectivity index (χ1) is 12.4. The number of Topliss-reactive ketones (excluding diaryl/α,β-unsaturated/α-hetero) is 1. The van der Waals surface area contributed by atoms with Crippen LogP contribution in [0.4, 0.5) is 5.69 Å². The van der Waals surface area contributed by atoms with Crippen molar-refractivity contribution in [3.8, 4) is 5.69 Å². The molecule has 0 aliphatic carbocycles. The standard InChI is InChI=1S/C18H12ClN3O4/c1-11(23)17-16(18(24)12-5-7-13(19)8-6-12)10-21(20-17)14-3-2-4-15(9-14)22(25)26/h2-10H,1H3. The van der Waals surface area contributed by atoms with Gasteiger partial charge in [-0.1, -0.05) is 17.7 Å². The number of halogens is 1. The molecule has 0 N–H and O–H groups in total. The minimum absolute atomic E-state index is 0.00328. The summed E-state index contributed by atoms with van der Waals surface area (Å²) in [7, 11) is 0. The first-order valence-electron chi connectivity index (χ1n) is 7.52. The number of rotatable bonds is 5. The second-order valence-electron chi connectivity index (χ2n) is 5.51. The molecule has 7 nitrogen and oxygen atoms in total. The van der Waals surface area contributed by atoms with Gasteiger partial charge in [0, 0.05) is 35.8 Å². The van der Waals surface area contributed by atoms with E-state index in [1.54, 1.807) is 30.3 Å². The Morgan fingerprint density at radius 1 is 1.15 bits per heavy atom. The molecule has 0 atom stereocenters. The van der Waals surface area contributed by atoms with Crippen LogP contribution in [-0.4, -0.2) is 26.3 Å². The summed E-state index contributed by atoms with van der Waals surface area (Å²) in [6.07, 6.45) is 1.40. The first kappa shape index (κ1) is 17.5. The lowest BCUT2D eigenvalue weighted by molar-refractivity contribution is -0.384. The third-order valence-corrected chi connectivity index (χ3v) is 3.96. The number of nitrogens with zero attached hydrogens (tertiary/aromatic N) is 3. The summed E-state index contributed by atoms with van der Waals surface area (Å²) in [5.74, 6) is -0.768. The molecule has 3 aromatic rings. The zero-order valence-electron chi connectivity index (χ0n) is 13.5. The summed E-state index contributed by atoms with van der Waals surface area (Å²) in [6.45, 7) is 1.30. The molecular formula is C18H12ClN3O4. The molecule has 0 radical (unpaired) electrons. The second-order valence-corrected chi connectivity index (χ2v) is 5.94. The largest absolute Gasteiger partial charge is 0.293 e. The van der Waals surface area contributed by atoms with Crippen LogP contribution in [-0.2, 0) is 0 Å². The van der Waals surface area contributed by atoms with Crippen molar-refractivity contribution in [1.82, 2.24) is 9.78 Å². The molecule has 0 bridgehead atoms. The highest BCUT2D eigenvalue weighted by atomic mass is 35.5. The Labute approximate surface area is 153 Å². The van der Waals surface area contributed by atoms with Crippen LogP contribution in [0.15, 0.2) is 54.7 Å². The highest BCUT2D eigenvalue weighted by molar-refractivity contribution is 6.30. The number of hydrogen-bond acceptors (Lipinski definition) is 5. The van der Waals surface area contributed by atoms with E-state index in [0.29, 0.717) is 16.3 Å². The average molecular weight is 370 g/mol. The Morgan fingerprint density at radius 2 is 1.85 bits per heavy atom. The van der Waals surface area contributed by atoms with E-state index in [-0.39, 0.29) is 28.5 Å². The van der Waals surface area contributed by atoms with Crippen LogP contribution in [0.5, 0.6) is 0 Å². The maximum Gasteiger partial charge on any atom is 0.271 e. The fourth-order valence-corrected chi connectivity index (χ4v) is 2.56. The molecule has 26 heavy (non-hydrogen) atoms. The van der Waals surface area contributed by atoms with E-state index in [1.807, 2.05) is 0 Å². The summed E-state index contributed by atoms with van der Waals surface area (Å²) in [4.78, 5) is 35.1. The van der Waals surface area contributed by atoms with Crippen LogP contribution in [0.25, 0.3) is 5.69 Å². The van der Waals surface area contributed by atoms with E-state index in [9.17, 15) is 19.7 Å². The molecule has 0 aliphatic rings. The third kappa shape index (κ3) is 3.38. The topological polar surface area (TPSA) is 95.1 Å². The van der Waals surface area contributed by atoms with Gasteiger partial charge in [0.05, 0.1) is 16.2 Å². The number of carbonyl (C=O) groups excluding carboxylic acids is 2. The number of aromatic nitrogens is 2. The minimum atomic E-state index is -0.529. The number of non-ortho nitro benzene ring substituents is 1. The maximum atomic E-state index is 12.7. The van der Waals surface area contributed by atoms with Gasteiger partial charge in [0.2, 0.25) is 0 Å². The smallest absolute Gasteiger partial charge is 0.271 e. The molecule has 0 saturated heterocycles. The Balaban J connectivity index is 2.08. The van der Waals surface area contributed by atoms with Crippen molar-refractivity contribution in [1.29, 1.82) is 0 Å². The van der Waals surface area contributed by atoms with Crippen LogP contribution >= 0.6 is 11.6 Å². The molecule has 1 heterocycles. The van der Waals surface area contributed by atoms with Gasteiger partial charge < -0.3 is 0 Å². The molecule has 0 spiro atoms. The Bertz CT molecular complexity index is 1030. The highest BCUT2D eigenvalue weighted by Crippen LogP contribution is 2.21. The van der Waals surface area contributed by atoms with Crippen molar-refractivity contribution in [3.05, 3.63) is 86.7 Å². The maximum absolute atomic E-state index is 12.7. The molecule has 0 aliphatic heterocycles. The van der Waals surface area contributed by atoms with Crippen LogP contribution in [0, 0.1) is 10.1 Å². The summed E-state index contributed by atoms with van der Waals surface area (Å²) in [5.41, 5.74) is 0.725.